The molecule has 10 heteroatoms. The maximum absolute atomic E-state index is 12.5. The topological polar surface area (TPSA) is 135 Å². The predicted molar refractivity (Wildman–Crippen MR) is 118 cm³/mol. The summed E-state index contributed by atoms with van der Waals surface area (Å²) in [4.78, 5) is 50.8. The van der Waals surface area contributed by atoms with Gasteiger partial charge in [-0.3, -0.25) is 24.1 Å². The first-order chi connectivity index (χ1) is 16.3. The first-order valence-corrected chi connectivity index (χ1v) is 11.2. The van der Waals surface area contributed by atoms with E-state index in [4.69, 9.17) is 9.15 Å². The molecule has 0 bridgehead atoms. The molecular formula is C24H26N4O6. The standard InChI is InChI=1S/C24H26N4O6/c1-14-15(2)27(11-16-6-5-9-33-16)22(19(14)10-25)26-20(29)13-34-21(30)12-28-23(31)17-7-3-4-8-18(17)24(28)32/h5-6,9,17-18H,3-4,7-8,11-13H2,1-2H3,(H,26,29)/t17-,18-/m1/s1. The van der Waals surface area contributed by atoms with E-state index in [-0.39, 0.29) is 29.5 Å². The molecule has 4 rings (SSSR count). The second kappa shape index (κ2) is 9.55. The van der Waals surface area contributed by atoms with E-state index >= 15 is 0 Å². The van der Waals surface area contributed by atoms with Crippen LogP contribution in [-0.2, 0) is 30.5 Å². The SMILES string of the molecule is Cc1c(C#N)c(NC(=O)COC(=O)CN2C(=O)[C@@H]3CCCC[C@H]3C2=O)n(Cc2ccco2)c1C. The minimum absolute atomic E-state index is 0.281. The van der Waals surface area contributed by atoms with Crippen LogP contribution in [0.1, 0.15) is 48.3 Å². The minimum Gasteiger partial charge on any atom is -0.467 e. The number of esters is 1. The van der Waals surface area contributed by atoms with Gasteiger partial charge in [0.05, 0.1) is 30.2 Å². The van der Waals surface area contributed by atoms with Crippen LogP contribution in [0.4, 0.5) is 5.82 Å². The van der Waals surface area contributed by atoms with Gasteiger partial charge < -0.3 is 19.0 Å². The van der Waals surface area contributed by atoms with Gasteiger partial charge in [0.1, 0.15) is 24.2 Å². The molecule has 1 aliphatic carbocycles. The van der Waals surface area contributed by atoms with Gasteiger partial charge in [-0.25, -0.2) is 0 Å². The van der Waals surface area contributed by atoms with Crippen molar-refractivity contribution in [3.63, 3.8) is 0 Å². The Bertz CT molecular complexity index is 1150. The molecule has 1 saturated carbocycles. The molecule has 0 unspecified atom stereocenters. The van der Waals surface area contributed by atoms with Gasteiger partial charge in [0.25, 0.3) is 5.91 Å². The quantitative estimate of drug-likeness (QED) is 0.488. The average molecular weight is 466 g/mol. The maximum atomic E-state index is 12.5. The van der Waals surface area contributed by atoms with Crippen molar-refractivity contribution in [2.45, 2.75) is 46.1 Å². The number of hydrogen-bond donors (Lipinski definition) is 1. The van der Waals surface area contributed by atoms with Crippen molar-refractivity contribution in [3.05, 3.63) is 41.0 Å². The zero-order chi connectivity index (χ0) is 24.4. The second-order valence-corrected chi connectivity index (χ2v) is 8.68. The molecule has 10 nitrogen and oxygen atoms in total. The summed E-state index contributed by atoms with van der Waals surface area (Å²) < 4.78 is 12.2. The highest BCUT2D eigenvalue weighted by molar-refractivity contribution is 6.07. The predicted octanol–water partition coefficient (Wildman–Crippen LogP) is 2.27. The summed E-state index contributed by atoms with van der Waals surface area (Å²) >= 11 is 0. The summed E-state index contributed by atoms with van der Waals surface area (Å²) in [5.74, 6) is -1.93. The molecule has 34 heavy (non-hydrogen) atoms. The monoisotopic (exact) mass is 466 g/mol. The van der Waals surface area contributed by atoms with Crippen molar-refractivity contribution in [1.29, 1.82) is 5.26 Å². The van der Waals surface area contributed by atoms with E-state index in [2.05, 4.69) is 11.4 Å². The highest BCUT2D eigenvalue weighted by Crippen LogP contribution is 2.37. The van der Waals surface area contributed by atoms with E-state index < -0.39 is 25.0 Å². The Hall–Kier alpha value is -3.87. The van der Waals surface area contributed by atoms with Gasteiger partial charge in [-0.2, -0.15) is 5.26 Å². The number of ether oxygens (including phenoxy) is 1. The number of amides is 3. The molecule has 0 spiro atoms. The molecule has 2 aromatic rings. The highest BCUT2D eigenvalue weighted by atomic mass is 16.5. The van der Waals surface area contributed by atoms with Gasteiger partial charge in [-0.05, 0) is 44.4 Å². The van der Waals surface area contributed by atoms with Crippen LogP contribution in [0.3, 0.4) is 0 Å². The lowest BCUT2D eigenvalue weighted by Crippen LogP contribution is -2.37. The van der Waals surface area contributed by atoms with E-state index in [1.165, 1.54) is 6.26 Å². The van der Waals surface area contributed by atoms with Crippen molar-refractivity contribution in [2.75, 3.05) is 18.5 Å². The molecule has 2 atom stereocenters. The van der Waals surface area contributed by atoms with Crippen molar-refractivity contribution >= 4 is 29.5 Å². The number of likely N-dealkylation sites (tertiary alicyclic amines) is 1. The zero-order valence-electron chi connectivity index (χ0n) is 19.1. The molecule has 0 radical (unpaired) electrons. The Labute approximate surface area is 196 Å². The molecule has 178 valence electrons. The van der Waals surface area contributed by atoms with E-state index in [0.717, 1.165) is 23.4 Å². The number of fused-ring (bicyclic) bond motifs is 1. The summed E-state index contributed by atoms with van der Waals surface area (Å²) in [6.07, 6.45) is 4.63. The number of nitrogens with zero attached hydrogens (tertiary/aromatic N) is 3. The number of imide groups is 1. The Kier molecular flexibility index (Phi) is 6.54. The number of nitriles is 1. The number of carbonyl (C=O) groups is 4. The third kappa shape index (κ3) is 4.33. The molecule has 0 aromatic carbocycles. The second-order valence-electron chi connectivity index (χ2n) is 8.68. The van der Waals surface area contributed by atoms with Crippen molar-refractivity contribution < 1.29 is 28.3 Å². The molecule has 1 N–H and O–H groups in total. The van der Waals surface area contributed by atoms with Gasteiger partial charge in [0, 0.05) is 5.69 Å². The molecule has 1 saturated heterocycles. The molecule has 3 amide bonds. The summed E-state index contributed by atoms with van der Waals surface area (Å²) in [5.41, 5.74) is 1.81. The van der Waals surface area contributed by atoms with Crippen LogP contribution >= 0.6 is 0 Å². The minimum atomic E-state index is -0.839. The van der Waals surface area contributed by atoms with Crippen LogP contribution in [0.2, 0.25) is 0 Å². The lowest BCUT2D eigenvalue weighted by Gasteiger charge is -2.19. The fourth-order valence-corrected chi connectivity index (χ4v) is 4.76. The molecule has 2 aromatic heterocycles. The normalized spacial score (nSPS) is 19.6. The Morgan fingerprint density at radius 2 is 1.88 bits per heavy atom. The number of carbonyl (C=O) groups excluding carboxylic acids is 4. The van der Waals surface area contributed by atoms with Crippen molar-refractivity contribution in [1.82, 2.24) is 9.47 Å². The molecule has 2 fully saturated rings. The molecule has 1 aliphatic heterocycles. The van der Waals surface area contributed by atoms with E-state index in [9.17, 15) is 24.4 Å². The third-order valence-corrected chi connectivity index (χ3v) is 6.68. The van der Waals surface area contributed by atoms with Crippen LogP contribution in [-0.4, -0.2) is 46.3 Å². The van der Waals surface area contributed by atoms with Crippen LogP contribution in [0.15, 0.2) is 22.8 Å². The van der Waals surface area contributed by atoms with E-state index in [1.807, 2.05) is 6.92 Å². The fourth-order valence-electron chi connectivity index (χ4n) is 4.76. The summed E-state index contributed by atoms with van der Waals surface area (Å²) in [6, 6.07) is 5.63. The number of nitrogens with one attached hydrogen (secondary N) is 1. The Balaban J connectivity index is 1.38. The largest absolute Gasteiger partial charge is 0.467 e. The lowest BCUT2D eigenvalue weighted by atomic mass is 9.81. The van der Waals surface area contributed by atoms with Gasteiger partial charge in [0.2, 0.25) is 11.8 Å². The number of furan rings is 1. The summed E-state index contributed by atoms with van der Waals surface area (Å²) in [6.45, 7) is 2.80. The first-order valence-electron chi connectivity index (χ1n) is 11.2. The maximum Gasteiger partial charge on any atom is 0.326 e. The fraction of sp³-hybridized carbons (Fsp3) is 0.458. The smallest absolute Gasteiger partial charge is 0.326 e. The molecular weight excluding hydrogens is 440 g/mol. The van der Waals surface area contributed by atoms with Gasteiger partial charge in [-0.1, -0.05) is 12.8 Å². The van der Waals surface area contributed by atoms with Gasteiger partial charge in [-0.15, -0.1) is 0 Å². The number of anilines is 1. The number of rotatable bonds is 7. The summed E-state index contributed by atoms with van der Waals surface area (Å²) in [7, 11) is 0. The molecule has 2 aliphatic rings. The van der Waals surface area contributed by atoms with E-state index in [0.29, 0.717) is 36.3 Å². The van der Waals surface area contributed by atoms with E-state index in [1.54, 1.807) is 23.6 Å². The van der Waals surface area contributed by atoms with Crippen molar-refractivity contribution in [3.8, 4) is 6.07 Å². The highest BCUT2D eigenvalue weighted by Gasteiger charge is 2.48. The Morgan fingerprint density at radius 3 is 2.47 bits per heavy atom. The lowest BCUT2D eigenvalue weighted by molar-refractivity contribution is -0.154. The number of aromatic nitrogens is 1. The van der Waals surface area contributed by atoms with Gasteiger partial charge >= 0.3 is 5.97 Å². The first kappa shape index (κ1) is 23.3. The van der Waals surface area contributed by atoms with Gasteiger partial charge in [0.15, 0.2) is 6.61 Å². The Morgan fingerprint density at radius 1 is 1.21 bits per heavy atom. The van der Waals surface area contributed by atoms with Crippen LogP contribution in [0.25, 0.3) is 0 Å². The number of hydrogen-bond acceptors (Lipinski definition) is 7. The average Bonchev–Trinajstić information content (AvgIpc) is 3.49. The van der Waals surface area contributed by atoms with Crippen LogP contribution in [0, 0.1) is 37.0 Å². The molecule has 3 heterocycles. The zero-order valence-corrected chi connectivity index (χ0v) is 19.1. The van der Waals surface area contributed by atoms with Crippen LogP contribution in [0.5, 0.6) is 0 Å². The third-order valence-electron chi connectivity index (χ3n) is 6.68. The van der Waals surface area contributed by atoms with Crippen LogP contribution < -0.4 is 5.32 Å². The van der Waals surface area contributed by atoms with Crippen molar-refractivity contribution in [2.24, 2.45) is 11.8 Å². The summed E-state index contributed by atoms with van der Waals surface area (Å²) in [5, 5.41) is 12.2.